The summed E-state index contributed by atoms with van der Waals surface area (Å²) in [5, 5.41) is 15.0. The highest BCUT2D eigenvalue weighted by molar-refractivity contribution is 7.90. The zero-order valence-corrected chi connectivity index (χ0v) is 16.0. The molecule has 142 valence electrons. The van der Waals surface area contributed by atoms with Crippen molar-refractivity contribution in [1.82, 2.24) is 10.6 Å². The average Bonchev–Trinajstić information content (AvgIpc) is 2.65. The maximum absolute atomic E-state index is 13.8. The fourth-order valence-corrected chi connectivity index (χ4v) is 3.04. The van der Waals surface area contributed by atoms with Crippen molar-refractivity contribution in [3.63, 3.8) is 0 Å². The van der Waals surface area contributed by atoms with Gasteiger partial charge < -0.3 is 10.6 Å². The quantitative estimate of drug-likeness (QED) is 0.583. The molecule has 27 heavy (non-hydrogen) atoms. The van der Waals surface area contributed by atoms with Crippen LogP contribution < -0.4 is 10.6 Å². The van der Waals surface area contributed by atoms with Crippen LogP contribution >= 0.6 is 0 Å². The van der Waals surface area contributed by atoms with E-state index in [-0.39, 0.29) is 12.4 Å². The lowest BCUT2D eigenvalue weighted by molar-refractivity contribution is 0.601. The first kappa shape index (κ1) is 20.4. The minimum absolute atomic E-state index is 0.198. The predicted octanol–water partition coefficient (Wildman–Crippen LogP) is 2.01. The molecule has 8 heteroatoms. The van der Waals surface area contributed by atoms with Crippen LogP contribution in [-0.2, 0) is 22.8 Å². The molecule has 0 radical (unpaired) electrons. The van der Waals surface area contributed by atoms with E-state index in [0.29, 0.717) is 34.9 Å². The molecule has 0 saturated carbocycles. The predicted molar refractivity (Wildman–Crippen MR) is 103 cm³/mol. The number of nitrogens with one attached hydrogen (secondary N) is 2. The number of guanidine groups is 1. The molecule has 0 bridgehead atoms. The van der Waals surface area contributed by atoms with Crippen molar-refractivity contribution in [1.29, 1.82) is 5.26 Å². The third kappa shape index (κ3) is 6.08. The monoisotopic (exact) mass is 388 g/mol. The van der Waals surface area contributed by atoms with Crippen molar-refractivity contribution < 1.29 is 12.8 Å². The molecule has 2 N–H and O–H groups in total. The molecule has 0 aliphatic heterocycles. The summed E-state index contributed by atoms with van der Waals surface area (Å²) in [6.45, 7) is 0.767. The van der Waals surface area contributed by atoms with Crippen molar-refractivity contribution in [2.45, 2.75) is 17.9 Å². The van der Waals surface area contributed by atoms with Gasteiger partial charge in [0.05, 0.1) is 16.5 Å². The minimum atomic E-state index is -3.20. The lowest BCUT2D eigenvalue weighted by Crippen LogP contribution is -2.38. The van der Waals surface area contributed by atoms with Crippen molar-refractivity contribution in [3.05, 3.63) is 65.0 Å². The highest BCUT2D eigenvalue weighted by Gasteiger charge is 2.07. The molecule has 0 aliphatic carbocycles. The molecule has 0 aromatic heterocycles. The van der Waals surface area contributed by atoms with Crippen LogP contribution in [0.15, 0.2) is 52.4 Å². The highest BCUT2D eigenvalue weighted by atomic mass is 32.2. The van der Waals surface area contributed by atoms with Gasteiger partial charge in [-0.2, -0.15) is 5.26 Å². The Morgan fingerprint density at radius 3 is 2.48 bits per heavy atom. The number of hydrogen-bond donors (Lipinski definition) is 2. The molecular weight excluding hydrogens is 367 g/mol. The molecule has 0 saturated heterocycles. The Bertz CT molecular complexity index is 964. The van der Waals surface area contributed by atoms with E-state index in [9.17, 15) is 12.8 Å². The third-order valence-corrected chi connectivity index (χ3v) is 5.03. The first-order valence-corrected chi connectivity index (χ1v) is 10.1. The van der Waals surface area contributed by atoms with Gasteiger partial charge in [0.25, 0.3) is 0 Å². The molecule has 0 spiro atoms. The molecule has 0 atom stereocenters. The zero-order chi connectivity index (χ0) is 19.9. The number of benzene rings is 2. The lowest BCUT2D eigenvalue weighted by Gasteiger charge is -2.12. The summed E-state index contributed by atoms with van der Waals surface area (Å²) in [7, 11) is -1.59. The van der Waals surface area contributed by atoms with Crippen molar-refractivity contribution >= 4 is 15.8 Å². The number of sulfone groups is 1. The summed E-state index contributed by atoms with van der Waals surface area (Å²) in [6.07, 6.45) is 1.84. The molecule has 2 rings (SSSR count). The molecule has 0 amide bonds. The molecule has 6 nitrogen and oxygen atoms in total. The van der Waals surface area contributed by atoms with E-state index >= 15 is 0 Å². The zero-order valence-electron chi connectivity index (χ0n) is 15.2. The maximum Gasteiger partial charge on any atom is 0.191 e. The summed E-state index contributed by atoms with van der Waals surface area (Å²) in [4.78, 5) is 4.37. The standard InChI is InChI=1S/C19H21FN4O2S/c1-22-19(24-13-16-11-15(12-21)5-8-18(16)20)23-10-9-14-3-6-17(7-4-14)27(2,25)26/h3-8,11H,9-10,13H2,1-2H3,(H2,22,23,24). The van der Waals surface area contributed by atoms with E-state index in [4.69, 9.17) is 5.26 Å². The van der Waals surface area contributed by atoms with Crippen LogP contribution in [0.2, 0.25) is 0 Å². The van der Waals surface area contributed by atoms with E-state index < -0.39 is 9.84 Å². The Kier molecular flexibility index (Phi) is 6.91. The molecule has 0 fully saturated rings. The molecule has 2 aromatic carbocycles. The van der Waals surface area contributed by atoms with Crippen LogP contribution in [0.25, 0.3) is 0 Å². The highest BCUT2D eigenvalue weighted by Crippen LogP contribution is 2.11. The number of aliphatic imine (C=N–C) groups is 1. The second-order valence-corrected chi connectivity index (χ2v) is 7.95. The smallest absolute Gasteiger partial charge is 0.191 e. The minimum Gasteiger partial charge on any atom is -0.356 e. The van der Waals surface area contributed by atoms with Gasteiger partial charge in [-0.15, -0.1) is 0 Å². The van der Waals surface area contributed by atoms with Crippen LogP contribution in [0.3, 0.4) is 0 Å². The van der Waals surface area contributed by atoms with E-state index in [1.54, 1.807) is 31.3 Å². The van der Waals surface area contributed by atoms with Crippen LogP contribution in [-0.4, -0.2) is 34.2 Å². The van der Waals surface area contributed by atoms with Gasteiger partial charge in [0, 0.05) is 32.0 Å². The van der Waals surface area contributed by atoms with E-state index in [0.717, 1.165) is 5.56 Å². The molecular formula is C19H21FN4O2S. The number of hydrogen-bond acceptors (Lipinski definition) is 4. The summed E-state index contributed by atoms with van der Waals surface area (Å²) in [6, 6.07) is 12.9. The molecule has 0 heterocycles. The largest absolute Gasteiger partial charge is 0.356 e. The van der Waals surface area contributed by atoms with Gasteiger partial charge in [-0.05, 0) is 42.3 Å². The average molecular weight is 388 g/mol. The van der Waals surface area contributed by atoms with Crippen molar-refractivity contribution in [2.75, 3.05) is 19.8 Å². The van der Waals surface area contributed by atoms with Gasteiger partial charge in [-0.25, -0.2) is 12.8 Å². The Balaban J connectivity index is 1.87. The Labute approximate surface area is 158 Å². The summed E-state index contributed by atoms with van der Waals surface area (Å²) in [5.41, 5.74) is 1.76. The third-order valence-electron chi connectivity index (χ3n) is 3.90. The van der Waals surface area contributed by atoms with Crippen LogP contribution in [0.4, 0.5) is 4.39 Å². The van der Waals surface area contributed by atoms with Gasteiger partial charge in [-0.3, -0.25) is 4.99 Å². The van der Waals surface area contributed by atoms with Gasteiger partial charge >= 0.3 is 0 Å². The van der Waals surface area contributed by atoms with E-state index in [1.807, 2.05) is 6.07 Å². The number of halogens is 1. The van der Waals surface area contributed by atoms with Crippen molar-refractivity contribution in [2.24, 2.45) is 4.99 Å². The number of nitriles is 1. The Morgan fingerprint density at radius 2 is 1.89 bits per heavy atom. The van der Waals surface area contributed by atoms with Crippen LogP contribution in [0.1, 0.15) is 16.7 Å². The van der Waals surface area contributed by atoms with Gasteiger partial charge in [0.2, 0.25) is 0 Å². The number of nitrogens with zero attached hydrogens (tertiary/aromatic N) is 2. The van der Waals surface area contributed by atoms with Crippen LogP contribution in [0.5, 0.6) is 0 Å². The first-order valence-electron chi connectivity index (χ1n) is 8.25. The van der Waals surface area contributed by atoms with Gasteiger partial charge in [0.15, 0.2) is 15.8 Å². The number of rotatable bonds is 6. The molecule has 0 aliphatic rings. The fourth-order valence-electron chi connectivity index (χ4n) is 2.41. The van der Waals surface area contributed by atoms with Crippen molar-refractivity contribution in [3.8, 4) is 6.07 Å². The van der Waals surface area contributed by atoms with Crippen LogP contribution in [0, 0.1) is 17.1 Å². The van der Waals surface area contributed by atoms with E-state index in [1.165, 1.54) is 24.5 Å². The summed E-state index contributed by atoms with van der Waals surface area (Å²) >= 11 is 0. The summed E-state index contributed by atoms with van der Waals surface area (Å²) in [5.74, 6) is 0.118. The lowest BCUT2D eigenvalue weighted by atomic mass is 10.1. The maximum atomic E-state index is 13.8. The summed E-state index contributed by atoms with van der Waals surface area (Å²) < 4.78 is 36.7. The normalized spacial score (nSPS) is 11.7. The fraction of sp³-hybridized carbons (Fsp3) is 0.263. The molecule has 0 unspecified atom stereocenters. The SMILES string of the molecule is CN=C(NCCc1ccc(S(C)(=O)=O)cc1)NCc1cc(C#N)ccc1F. The second kappa shape index (κ2) is 9.14. The Hall–Kier alpha value is -2.92. The van der Waals surface area contributed by atoms with Gasteiger partial charge in [-0.1, -0.05) is 12.1 Å². The topological polar surface area (TPSA) is 94.3 Å². The van der Waals surface area contributed by atoms with E-state index in [2.05, 4.69) is 15.6 Å². The molecule has 2 aromatic rings. The Morgan fingerprint density at radius 1 is 1.19 bits per heavy atom. The first-order chi connectivity index (χ1) is 12.8. The van der Waals surface area contributed by atoms with Gasteiger partial charge in [0.1, 0.15) is 5.82 Å². The second-order valence-electron chi connectivity index (χ2n) is 5.94.